The molecule has 1 fully saturated rings. The van der Waals surface area contributed by atoms with Crippen LogP contribution in [0.2, 0.25) is 0 Å². The molecule has 2 aromatic rings. The smallest absolute Gasteiger partial charge is 0.417 e. The highest BCUT2D eigenvalue weighted by Gasteiger charge is 2.34. The number of aryl methyl sites for hydroxylation is 1. The minimum absolute atomic E-state index is 0.0123. The Morgan fingerprint density at radius 1 is 1.12 bits per heavy atom. The van der Waals surface area contributed by atoms with Gasteiger partial charge in [0.2, 0.25) is 0 Å². The number of halogens is 3. The summed E-state index contributed by atoms with van der Waals surface area (Å²) in [5, 5.41) is 3.30. The van der Waals surface area contributed by atoms with Crippen LogP contribution < -0.4 is 10.9 Å². The highest BCUT2D eigenvalue weighted by atomic mass is 19.4. The molecule has 128 valence electrons. The van der Waals surface area contributed by atoms with E-state index in [2.05, 4.69) is 5.32 Å². The van der Waals surface area contributed by atoms with E-state index in [1.807, 2.05) is 0 Å². The van der Waals surface area contributed by atoms with E-state index in [4.69, 9.17) is 4.42 Å². The zero-order valence-corrected chi connectivity index (χ0v) is 13.1. The van der Waals surface area contributed by atoms with Crippen molar-refractivity contribution in [2.24, 2.45) is 11.8 Å². The molecule has 1 aromatic heterocycles. The van der Waals surface area contributed by atoms with Crippen LogP contribution in [0.1, 0.15) is 36.8 Å². The van der Waals surface area contributed by atoms with Crippen LogP contribution in [-0.2, 0) is 12.6 Å². The predicted molar refractivity (Wildman–Crippen MR) is 85.1 cm³/mol. The Morgan fingerprint density at radius 2 is 1.92 bits per heavy atom. The second kappa shape index (κ2) is 5.53. The summed E-state index contributed by atoms with van der Waals surface area (Å²) in [7, 11) is 0. The van der Waals surface area contributed by atoms with Crippen LogP contribution in [0.25, 0.3) is 11.0 Å². The molecule has 4 rings (SSSR count). The fourth-order valence-corrected chi connectivity index (χ4v) is 3.60. The van der Waals surface area contributed by atoms with E-state index in [0.717, 1.165) is 36.6 Å². The third kappa shape index (κ3) is 3.01. The monoisotopic (exact) mass is 337 g/mol. The first-order valence-corrected chi connectivity index (χ1v) is 8.32. The number of fused-ring (bicyclic) bond motifs is 2. The summed E-state index contributed by atoms with van der Waals surface area (Å²) in [5.74, 6) is 1.37. The quantitative estimate of drug-likeness (QED) is 0.815. The van der Waals surface area contributed by atoms with Crippen LogP contribution in [0.15, 0.2) is 27.4 Å². The Labute approximate surface area is 136 Å². The molecule has 1 aliphatic heterocycles. The van der Waals surface area contributed by atoms with Crippen molar-refractivity contribution in [1.29, 1.82) is 0 Å². The zero-order chi connectivity index (χ0) is 16.9. The van der Waals surface area contributed by atoms with Crippen LogP contribution >= 0.6 is 0 Å². The van der Waals surface area contributed by atoms with E-state index in [9.17, 15) is 18.0 Å². The maximum Gasteiger partial charge on any atom is 0.417 e. The number of nitrogens with one attached hydrogen (secondary N) is 1. The molecule has 1 aromatic carbocycles. The maximum atomic E-state index is 13.2. The van der Waals surface area contributed by atoms with Crippen molar-refractivity contribution in [1.82, 2.24) is 0 Å². The lowest BCUT2D eigenvalue weighted by Gasteiger charge is -2.14. The maximum absolute atomic E-state index is 13.2. The number of anilines is 1. The molecule has 0 radical (unpaired) electrons. The Kier molecular flexibility index (Phi) is 3.58. The minimum atomic E-state index is -4.57. The highest BCUT2D eigenvalue weighted by Crippen LogP contribution is 2.40. The van der Waals surface area contributed by atoms with Gasteiger partial charge in [0.15, 0.2) is 0 Å². The summed E-state index contributed by atoms with van der Waals surface area (Å²) in [6.07, 6.45) is 0.922. The van der Waals surface area contributed by atoms with Crippen LogP contribution in [0.5, 0.6) is 0 Å². The van der Waals surface area contributed by atoms with Crippen molar-refractivity contribution in [3.05, 3.63) is 39.7 Å². The van der Waals surface area contributed by atoms with Gasteiger partial charge in [-0.3, -0.25) is 0 Å². The molecule has 1 N–H and O–H groups in total. The summed E-state index contributed by atoms with van der Waals surface area (Å²) >= 11 is 0. The molecule has 24 heavy (non-hydrogen) atoms. The third-order valence-electron chi connectivity index (χ3n) is 5.04. The van der Waals surface area contributed by atoms with Gasteiger partial charge in [-0.05, 0) is 42.7 Å². The van der Waals surface area contributed by atoms with Crippen LogP contribution in [-0.4, -0.2) is 6.54 Å². The van der Waals surface area contributed by atoms with Crippen molar-refractivity contribution in [2.45, 2.75) is 38.3 Å². The van der Waals surface area contributed by atoms with Gasteiger partial charge in [-0.15, -0.1) is 0 Å². The number of alkyl halides is 3. The number of hydrogen-bond acceptors (Lipinski definition) is 3. The normalized spacial score (nSPS) is 21.2. The average Bonchev–Trinajstić information content (AvgIpc) is 3.32. The second-order valence-electron chi connectivity index (χ2n) is 6.95. The molecule has 1 saturated carbocycles. The summed E-state index contributed by atoms with van der Waals surface area (Å²) < 4.78 is 44.7. The molecule has 0 amide bonds. The molecule has 2 aliphatic rings. The SMILES string of the molecule is O=c1cc(C(F)(F)F)c2cc3c(cc2o1)NC[C@H](CC1CC1)CC3. The van der Waals surface area contributed by atoms with Gasteiger partial charge in [0.1, 0.15) is 5.58 Å². The molecular formula is C18H18F3NO2. The third-order valence-corrected chi connectivity index (χ3v) is 5.04. The fourth-order valence-electron chi connectivity index (χ4n) is 3.60. The number of hydrogen-bond donors (Lipinski definition) is 1. The molecule has 3 nitrogen and oxygen atoms in total. The summed E-state index contributed by atoms with van der Waals surface area (Å²) in [4.78, 5) is 11.5. The van der Waals surface area contributed by atoms with E-state index in [0.29, 0.717) is 12.0 Å². The predicted octanol–water partition coefficient (Wildman–Crippen LogP) is 4.59. The van der Waals surface area contributed by atoms with Gasteiger partial charge in [-0.25, -0.2) is 4.79 Å². The molecule has 1 atom stereocenters. The summed E-state index contributed by atoms with van der Waals surface area (Å²) in [6, 6.07) is 3.61. The summed E-state index contributed by atoms with van der Waals surface area (Å²) in [5.41, 5.74) is -0.268. The van der Waals surface area contributed by atoms with Gasteiger partial charge >= 0.3 is 11.8 Å². The molecule has 6 heteroatoms. The number of rotatable bonds is 2. The second-order valence-corrected chi connectivity index (χ2v) is 6.95. The average molecular weight is 337 g/mol. The van der Waals surface area contributed by atoms with Gasteiger partial charge in [0.25, 0.3) is 0 Å². The zero-order valence-electron chi connectivity index (χ0n) is 13.1. The Hall–Kier alpha value is -1.98. The number of benzene rings is 1. The molecule has 0 bridgehead atoms. The van der Waals surface area contributed by atoms with Gasteiger partial charge in [-0.1, -0.05) is 12.8 Å². The van der Waals surface area contributed by atoms with E-state index in [1.165, 1.54) is 25.3 Å². The van der Waals surface area contributed by atoms with Gasteiger partial charge < -0.3 is 9.73 Å². The molecular weight excluding hydrogens is 319 g/mol. The topological polar surface area (TPSA) is 42.2 Å². The van der Waals surface area contributed by atoms with E-state index >= 15 is 0 Å². The Balaban J connectivity index is 1.74. The van der Waals surface area contributed by atoms with E-state index in [-0.39, 0.29) is 11.0 Å². The molecule has 0 unspecified atom stereocenters. The Bertz CT molecular complexity index is 836. The van der Waals surface area contributed by atoms with Crippen molar-refractivity contribution in [3.63, 3.8) is 0 Å². The van der Waals surface area contributed by atoms with Crippen molar-refractivity contribution >= 4 is 16.7 Å². The molecule has 1 aliphatic carbocycles. The van der Waals surface area contributed by atoms with Crippen molar-refractivity contribution in [2.75, 3.05) is 11.9 Å². The standard InChI is InChI=1S/C18H18F3NO2/c19-18(20,21)14-7-17(23)24-16-8-15-12(6-13(14)16)4-3-11(9-22-15)5-10-1-2-10/h6-8,10-11,22H,1-5,9H2/t11-/m0/s1. The van der Waals surface area contributed by atoms with Gasteiger partial charge in [-0.2, -0.15) is 13.2 Å². The van der Waals surface area contributed by atoms with Crippen LogP contribution in [0.3, 0.4) is 0 Å². The fraction of sp³-hybridized carbons (Fsp3) is 0.500. The first-order chi connectivity index (χ1) is 11.4. The lowest BCUT2D eigenvalue weighted by Crippen LogP contribution is -2.13. The lowest BCUT2D eigenvalue weighted by molar-refractivity contribution is -0.136. The van der Waals surface area contributed by atoms with Crippen molar-refractivity contribution in [3.8, 4) is 0 Å². The summed E-state index contributed by atoms with van der Waals surface area (Å²) in [6.45, 7) is 0.818. The van der Waals surface area contributed by atoms with Crippen molar-refractivity contribution < 1.29 is 17.6 Å². The van der Waals surface area contributed by atoms with E-state index in [1.54, 1.807) is 6.07 Å². The minimum Gasteiger partial charge on any atom is -0.423 e. The Morgan fingerprint density at radius 3 is 2.62 bits per heavy atom. The molecule has 0 saturated heterocycles. The molecule has 2 heterocycles. The largest absolute Gasteiger partial charge is 0.423 e. The highest BCUT2D eigenvalue weighted by molar-refractivity contribution is 5.85. The lowest BCUT2D eigenvalue weighted by atomic mass is 9.95. The van der Waals surface area contributed by atoms with Crippen LogP contribution in [0, 0.1) is 11.8 Å². The van der Waals surface area contributed by atoms with Gasteiger partial charge in [0, 0.05) is 29.8 Å². The first kappa shape index (κ1) is 15.5. The van der Waals surface area contributed by atoms with Gasteiger partial charge in [0.05, 0.1) is 5.56 Å². The van der Waals surface area contributed by atoms with E-state index < -0.39 is 17.4 Å². The first-order valence-electron chi connectivity index (χ1n) is 8.32. The van der Waals surface area contributed by atoms with Crippen LogP contribution in [0.4, 0.5) is 18.9 Å². The molecule has 0 spiro atoms.